The number of carbonyl (C=O) groups is 2. The van der Waals surface area contributed by atoms with E-state index in [2.05, 4.69) is 10.6 Å². The first-order chi connectivity index (χ1) is 9.38. The molecule has 3 N–H and O–H groups in total. The Labute approximate surface area is 119 Å². The Morgan fingerprint density at radius 2 is 2.00 bits per heavy atom. The highest BCUT2D eigenvalue weighted by atomic mass is 16.4. The molecule has 5 heteroatoms. The van der Waals surface area contributed by atoms with E-state index in [9.17, 15) is 9.59 Å². The molecule has 110 valence electrons. The molecule has 0 aromatic heterocycles. The maximum Gasteiger partial charge on any atom is 0.326 e. The fraction of sp³-hybridized carbons (Fsp3) is 0.467. The third-order valence-corrected chi connectivity index (χ3v) is 2.85. The first-order valence-electron chi connectivity index (χ1n) is 6.71. The van der Waals surface area contributed by atoms with E-state index in [0.29, 0.717) is 13.0 Å². The lowest BCUT2D eigenvalue weighted by atomic mass is 10.0. The van der Waals surface area contributed by atoms with Crippen molar-refractivity contribution in [2.75, 3.05) is 0 Å². The Balaban J connectivity index is 2.47. The van der Waals surface area contributed by atoms with Crippen molar-refractivity contribution < 1.29 is 14.7 Å². The van der Waals surface area contributed by atoms with Gasteiger partial charge in [-0.25, -0.2) is 9.59 Å². The zero-order chi connectivity index (χ0) is 15.1. The third-order valence-electron chi connectivity index (χ3n) is 2.85. The molecule has 0 fully saturated rings. The molecule has 1 unspecified atom stereocenters. The molecule has 5 nitrogen and oxygen atoms in total. The Morgan fingerprint density at radius 3 is 2.55 bits per heavy atom. The number of rotatable bonds is 6. The van der Waals surface area contributed by atoms with E-state index in [4.69, 9.17) is 5.11 Å². The summed E-state index contributed by atoms with van der Waals surface area (Å²) in [5.74, 6) is -0.808. The highest BCUT2D eigenvalue weighted by molar-refractivity contribution is 5.82. The van der Waals surface area contributed by atoms with Gasteiger partial charge in [0.2, 0.25) is 0 Å². The van der Waals surface area contributed by atoms with Crippen molar-refractivity contribution >= 4 is 12.0 Å². The second kappa shape index (κ2) is 7.53. The van der Waals surface area contributed by atoms with Crippen LogP contribution in [-0.2, 0) is 11.3 Å². The largest absolute Gasteiger partial charge is 0.480 e. The second-order valence-electron chi connectivity index (χ2n) is 5.34. The molecule has 0 spiro atoms. The molecule has 2 amide bonds. The summed E-state index contributed by atoms with van der Waals surface area (Å²) < 4.78 is 0. The van der Waals surface area contributed by atoms with Crippen LogP contribution in [0, 0.1) is 12.8 Å². The minimum absolute atomic E-state index is 0.202. The van der Waals surface area contributed by atoms with Crippen LogP contribution in [-0.4, -0.2) is 23.1 Å². The fourth-order valence-electron chi connectivity index (χ4n) is 1.91. The molecule has 1 aromatic rings. The lowest BCUT2D eigenvalue weighted by molar-refractivity contribution is -0.139. The quantitative estimate of drug-likeness (QED) is 0.747. The van der Waals surface area contributed by atoms with Crippen molar-refractivity contribution in [2.45, 2.75) is 39.8 Å². The number of urea groups is 1. The summed E-state index contributed by atoms with van der Waals surface area (Å²) in [5, 5.41) is 14.2. The van der Waals surface area contributed by atoms with Gasteiger partial charge in [0.25, 0.3) is 0 Å². The summed E-state index contributed by atoms with van der Waals surface area (Å²) in [6, 6.07) is 6.47. The van der Waals surface area contributed by atoms with E-state index in [1.165, 1.54) is 0 Å². The van der Waals surface area contributed by atoms with E-state index in [1.807, 2.05) is 45.0 Å². The molecule has 0 aliphatic carbocycles. The molecule has 0 bridgehead atoms. The normalized spacial score (nSPS) is 12.0. The fourth-order valence-corrected chi connectivity index (χ4v) is 1.91. The van der Waals surface area contributed by atoms with Crippen LogP contribution in [0.5, 0.6) is 0 Å². The number of hydrogen-bond donors (Lipinski definition) is 3. The maximum atomic E-state index is 11.7. The average molecular weight is 278 g/mol. The van der Waals surface area contributed by atoms with Gasteiger partial charge in [-0.3, -0.25) is 0 Å². The average Bonchev–Trinajstić information content (AvgIpc) is 2.35. The standard InChI is InChI=1S/C15H22N2O3/c1-10(2)7-13(14(18)19)17-15(20)16-9-12-6-4-5-11(3)8-12/h4-6,8,10,13H,7,9H2,1-3H3,(H,18,19)(H2,16,17,20). The molecule has 0 radical (unpaired) electrons. The summed E-state index contributed by atoms with van der Waals surface area (Å²) in [4.78, 5) is 22.8. The zero-order valence-electron chi connectivity index (χ0n) is 12.1. The molecular weight excluding hydrogens is 256 g/mol. The van der Waals surface area contributed by atoms with Gasteiger partial charge >= 0.3 is 12.0 Å². The van der Waals surface area contributed by atoms with Gasteiger partial charge in [-0.05, 0) is 24.8 Å². The smallest absolute Gasteiger partial charge is 0.326 e. The molecule has 0 saturated heterocycles. The molecule has 1 aromatic carbocycles. The van der Waals surface area contributed by atoms with Gasteiger partial charge in [0.1, 0.15) is 6.04 Å². The van der Waals surface area contributed by atoms with Crippen LogP contribution >= 0.6 is 0 Å². The van der Waals surface area contributed by atoms with Crippen LogP contribution in [0.4, 0.5) is 4.79 Å². The van der Waals surface area contributed by atoms with E-state index >= 15 is 0 Å². The molecule has 1 rings (SSSR count). The number of amides is 2. The van der Waals surface area contributed by atoms with Crippen molar-refractivity contribution in [3.05, 3.63) is 35.4 Å². The summed E-state index contributed by atoms with van der Waals surface area (Å²) in [7, 11) is 0. The minimum atomic E-state index is -1.01. The van der Waals surface area contributed by atoms with E-state index < -0.39 is 18.0 Å². The molecule has 20 heavy (non-hydrogen) atoms. The van der Waals surface area contributed by atoms with E-state index in [-0.39, 0.29) is 5.92 Å². The number of benzene rings is 1. The SMILES string of the molecule is Cc1cccc(CNC(=O)NC(CC(C)C)C(=O)O)c1. The second-order valence-corrected chi connectivity index (χ2v) is 5.34. The lowest BCUT2D eigenvalue weighted by Crippen LogP contribution is -2.46. The van der Waals surface area contributed by atoms with Gasteiger partial charge in [0.05, 0.1) is 0 Å². The molecular formula is C15H22N2O3. The topological polar surface area (TPSA) is 78.4 Å². The maximum absolute atomic E-state index is 11.7. The lowest BCUT2D eigenvalue weighted by Gasteiger charge is -2.17. The van der Waals surface area contributed by atoms with Gasteiger partial charge in [-0.2, -0.15) is 0 Å². The molecule has 0 aliphatic rings. The predicted molar refractivity (Wildman–Crippen MR) is 77.4 cm³/mol. The van der Waals surface area contributed by atoms with Crippen LogP contribution < -0.4 is 10.6 Å². The first kappa shape index (κ1) is 16.0. The Morgan fingerprint density at radius 1 is 1.30 bits per heavy atom. The van der Waals surface area contributed by atoms with Crippen LogP contribution in [0.15, 0.2) is 24.3 Å². The number of aryl methyl sites for hydroxylation is 1. The number of hydrogen-bond acceptors (Lipinski definition) is 2. The monoisotopic (exact) mass is 278 g/mol. The summed E-state index contributed by atoms with van der Waals surface area (Å²) in [6.45, 7) is 6.19. The molecule has 1 atom stereocenters. The van der Waals surface area contributed by atoms with Crippen molar-refractivity contribution in [2.24, 2.45) is 5.92 Å². The van der Waals surface area contributed by atoms with Gasteiger partial charge in [0, 0.05) is 6.54 Å². The van der Waals surface area contributed by atoms with Gasteiger partial charge < -0.3 is 15.7 Å². The highest BCUT2D eigenvalue weighted by Crippen LogP contribution is 2.05. The highest BCUT2D eigenvalue weighted by Gasteiger charge is 2.20. The Hall–Kier alpha value is -2.04. The minimum Gasteiger partial charge on any atom is -0.480 e. The first-order valence-corrected chi connectivity index (χ1v) is 6.71. The number of nitrogens with one attached hydrogen (secondary N) is 2. The Bertz CT molecular complexity index is 472. The molecule has 0 heterocycles. The molecule has 0 saturated carbocycles. The Kier molecular flexibility index (Phi) is 6.03. The van der Waals surface area contributed by atoms with Gasteiger partial charge in [0.15, 0.2) is 0 Å². The van der Waals surface area contributed by atoms with Crippen molar-refractivity contribution in [3.8, 4) is 0 Å². The van der Waals surface area contributed by atoms with Crippen LogP contribution in [0.25, 0.3) is 0 Å². The van der Waals surface area contributed by atoms with E-state index in [1.54, 1.807) is 0 Å². The number of carbonyl (C=O) groups excluding carboxylic acids is 1. The summed E-state index contributed by atoms with van der Waals surface area (Å²) in [5.41, 5.74) is 2.10. The predicted octanol–water partition coefficient (Wildman–Crippen LogP) is 2.29. The van der Waals surface area contributed by atoms with E-state index in [0.717, 1.165) is 11.1 Å². The number of carboxylic acids is 1. The number of carboxylic acid groups (broad SMARTS) is 1. The van der Waals surface area contributed by atoms with Crippen molar-refractivity contribution in [1.29, 1.82) is 0 Å². The van der Waals surface area contributed by atoms with Crippen molar-refractivity contribution in [1.82, 2.24) is 10.6 Å². The van der Waals surface area contributed by atoms with Crippen molar-refractivity contribution in [3.63, 3.8) is 0 Å². The van der Waals surface area contributed by atoms with Crippen LogP contribution in [0.1, 0.15) is 31.4 Å². The molecule has 0 aliphatic heterocycles. The summed E-state index contributed by atoms with van der Waals surface area (Å²) in [6.07, 6.45) is 0.410. The van der Waals surface area contributed by atoms with Crippen LogP contribution in [0.3, 0.4) is 0 Å². The summed E-state index contributed by atoms with van der Waals surface area (Å²) >= 11 is 0. The zero-order valence-corrected chi connectivity index (χ0v) is 12.1. The van der Waals surface area contributed by atoms with Crippen LogP contribution in [0.2, 0.25) is 0 Å². The van der Waals surface area contributed by atoms with Gasteiger partial charge in [-0.15, -0.1) is 0 Å². The number of aliphatic carboxylic acids is 1. The third kappa shape index (κ3) is 5.73. The van der Waals surface area contributed by atoms with Gasteiger partial charge in [-0.1, -0.05) is 43.7 Å².